The molecule has 0 spiro atoms. The molecule has 1 aliphatic rings. The van der Waals surface area contributed by atoms with Crippen LogP contribution in [0.3, 0.4) is 0 Å². The monoisotopic (exact) mass is 265 g/mol. The molecule has 0 atom stereocenters. The standard InChI is InChI=1S/C15H24FN3/c1-4-17-10-12-9-13(16)11-18-14(12)19-7-5-15(2,3)6-8-19/h9,11,17H,4-8,10H2,1-3H3. The van der Waals surface area contributed by atoms with E-state index in [4.69, 9.17) is 0 Å². The Kier molecular flexibility index (Phi) is 4.40. The molecule has 1 aromatic rings. The molecule has 0 aromatic carbocycles. The first-order valence-electron chi connectivity index (χ1n) is 7.12. The molecule has 0 saturated carbocycles. The summed E-state index contributed by atoms with van der Waals surface area (Å²) in [7, 11) is 0. The Morgan fingerprint density at radius 1 is 1.37 bits per heavy atom. The average Bonchev–Trinajstić information content (AvgIpc) is 2.37. The zero-order valence-electron chi connectivity index (χ0n) is 12.2. The summed E-state index contributed by atoms with van der Waals surface area (Å²) in [5, 5.41) is 3.25. The first-order valence-corrected chi connectivity index (χ1v) is 7.12. The number of hydrogen-bond acceptors (Lipinski definition) is 3. The number of pyridine rings is 1. The van der Waals surface area contributed by atoms with Crippen molar-refractivity contribution in [2.75, 3.05) is 24.5 Å². The zero-order valence-corrected chi connectivity index (χ0v) is 12.2. The van der Waals surface area contributed by atoms with Gasteiger partial charge in [-0.1, -0.05) is 20.8 Å². The summed E-state index contributed by atoms with van der Waals surface area (Å²) < 4.78 is 13.4. The maximum atomic E-state index is 13.4. The molecule has 2 rings (SSSR count). The van der Waals surface area contributed by atoms with Crippen LogP contribution in [-0.4, -0.2) is 24.6 Å². The number of halogens is 1. The van der Waals surface area contributed by atoms with E-state index in [2.05, 4.69) is 36.0 Å². The molecule has 3 nitrogen and oxygen atoms in total. The Morgan fingerprint density at radius 2 is 2.05 bits per heavy atom. The van der Waals surface area contributed by atoms with Crippen molar-refractivity contribution in [1.29, 1.82) is 0 Å². The largest absolute Gasteiger partial charge is 0.356 e. The van der Waals surface area contributed by atoms with Gasteiger partial charge in [0.25, 0.3) is 0 Å². The number of hydrogen-bond donors (Lipinski definition) is 1. The number of rotatable bonds is 4. The molecule has 0 radical (unpaired) electrons. The van der Waals surface area contributed by atoms with Gasteiger partial charge in [-0.3, -0.25) is 0 Å². The van der Waals surface area contributed by atoms with Crippen molar-refractivity contribution < 1.29 is 4.39 Å². The van der Waals surface area contributed by atoms with E-state index in [0.717, 1.165) is 43.9 Å². The van der Waals surface area contributed by atoms with Gasteiger partial charge in [-0.2, -0.15) is 0 Å². The van der Waals surface area contributed by atoms with Gasteiger partial charge in [-0.15, -0.1) is 0 Å². The Balaban J connectivity index is 2.15. The van der Waals surface area contributed by atoms with Crippen LogP contribution >= 0.6 is 0 Å². The van der Waals surface area contributed by atoms with Crippen LogP contribution < -0.4 is 10.2 Å². The van der Waals surface area contributed by atoms with E-state index < -0.39 is 0 Å². The summed E-state index contributed by atoms with van der Waals surface area (Å²) in [5.41, 5.74) is 1.37. The van der Waals surface area contributed by atoms with Gasteiger partial charge >= 0.3 is 0 Å². The van der Waals surface area contributed by atoms with Crippen LogP contribution in [0, 0.1) is 11.2 Å². The van der Waals surface area contributed by atoms with Crippen LogP contribution in [-0.2, 0) is 6.54 Å². The highest BCUT2D eigenvalue weighted by Gasteiger charge is 2.27. The van der Waals surface area contributed by atoms with Gasteiger partial charge in [0.05, 0.1) is 6.20 Å². The van der Waals surface area contributed by atoms with E-state index in [1.54, 1.807) is 6.07 Å². The van der Waals surface area contributed by atoms with Crippen molar-refractivity contribution in [3.8, 4) is 0 Å². The molecule has 0 amide bonds. The van der Waals surface area contributed by atoms with E-state index in [-0.39, 0.29) is 5.82 Å². The molecular weight excluding hydrogens is 241 g/mol. The maximum Gasteiger partial charge on any atom is 0.141 e. The maximum absolute atomic E-state index is 13.4. The summed E-state index contributed by atoms with van der Waals surface area (Å²) in [5.74, 6) is 0.687. The van der Waals surface area contributed by atoms with Crippen molar-refractivity contribution in [1.82, 2.24) is 10.3 Å². The minimum atomic E-state index is -0.256. The van der Waals surface area contributed by atoms with Crippen molar-refractivity contribution in [3.05, 3.63) is 23.6 Å². The van der Waals surface area contributed by atoms with E-state index in [1.165, 1.54) is 6.20 Å². The highest BCUT2D eigenvalue weighted by atomic mass is 19.1. The van der Waals surface area contributed by atoms with Crippen molar-refractivity contribution in [2.24, 2.45) is 5.41 Å². The quantitative estimate of drug-likeness (QED) is 0.907. The fourth-order valence-electron chi connectivity index (χ4n) is 2.47. The Hall–Kier alpha value is -1.16. The Labute approximate surface area is 115 Å². The number of piperidine rings is 1. The molecule has 2 heterocycles. The summed E-state index contributed by atoms with van der Waals surface area (Å²) in [6.45, 7) is 10.2. The van der Waals surface area contributed by atoms with E-state index >= 15 is 0 Å². The lowest BCUT2D eigenvalue weighted by Gasteiger charge is -2.38. The fourth-order valence-corrected chi connectivity index (χ4v) is 2.47. The summed E-state index contributed by atoms with van der Waals surface area (Å²) in [4.78, 5) is 6.60. The third-order valence-electron chi connectivity index (χ3n) is 3.89. The van der Waals surface area contributed by atoms with E-state index in [9.17, 15) is 4.39 Å². The second-order valence-electron chi connectivity index (χ2n) is 6.07. The predicted octanol–water partition coefficient (Wildman–Crippen LogP) is 2.96. The third kappa shape index (κ3) is 3.66. The second kappa shape index (κ2) is 5.87. The molecule has 0 aliphatic carbocycles. The fraction of sp³-hybridized carbons (Fsp3) is 0.667. The first-order chi connectivity index (χ1) is 9.02. The second-order valence-corrected chi connectivity index (χ2v) is 6.07. The molecule has 1 N–H and O–H groups in total. The lowest BCUT2D eigenvalue weighted by Crippen LogP contribution is -2.38. The molecule has 19 heavy (non-hydrogen) atoms. The molecule has 1 aliphatic heterocycles. The average molecular weight is 265 g/mol. The highest BCUT2D eigenvalue weighted by molar-refractivity contribution is 5.47. The molecule has 1 aromatic heterocycles. The molecular formula is C15H24FN3. The molecule has 106 valence electrons. The van der Waals surface area contributed by atoms with Crippen LogP contribution in [0.1, 0.15) is 39.2 Å². The number of nitrogens with zero attached hydrogens (tertiary/aromatic N) is 2. The van der Waals surface area contributed by atoms with Gasteiger partial charge in [0.1, 0.15) is 11.6 Å². The van der Waals surface area contributed by atoms with Gasteiger partial charge in [0.15, 0.2) is 0 Å². The van der Waals surface area contributed by atoms with Crippen molar-refractivity contribution in [2.45, 2.75) is 40.2 Å². The number of anilines is 1. The molecule has 1 saturated heterocycles. The zero-order chi connectivity index (χ0) is 13.9. The predicted molar refractivity (Wildman–Crippen MR) is 76.8 cm³/mol. The first kappa shape index (κ1) is 14.3. The number of nitrogens with one attached hydrogen (secondary N) is 1. The number of aromatic nitrogens is 1. The van der Waals surface area contributed by atoms with Crippen LogP contribution in [0.15, 0.2) is 12.3 Å². The van der Waals surface area contributed by atoms with Crippen LogP contribution in [0.25, 0.3) is 0 Å². The molecule has 0 bridgehead atoms. The SMILES string of the molecule is CCNCc1cc(F)cnc1N1CCC(C)(C)CC1. The molecule has 4 heteroatoms. The van der Waals surface area contributed by atoms with Crippen molar-refractivity contribution >= 4 is 5.82 Å². The van der Waals surface area contributed by atoms with Crippen molar-refractivity contribution in [3.63, 3.8) is 0 Å². The summed E-state index contributed by atoms with van der Waals surface area (Å²) >= 11 is 0. The van der Waals surface area contributed by atoms with Gasteiger partial charge in [-0.05, 0) is 30.9 Å². The van der Waals surface area contributed by atoms with Crippen LogP contribution in [0.2, 0.25) is 0 Å². The minimum absolute atomic E-state index is 0.256. The van der Waals surface area contributed by atoms with Gasteiger partial charge in [0.2, 0.25) is 0 Å². The lowest BCUT2D eigenvalue weighted by molar-refractivity contribution is 0.279. The van der Waals surface area contributed by atoms with Gasteiger partial charge < -0.3 is 10.2 Å². The lowest BCUT2D eigenvalue weighted by atomic mass is 9.82. The molecule has 1 fully saturated rings. The van der Waals surface area contributed by atoms with Gasteiger partial charge in [0, 0.05) is 25.2 Å². The summed E-state index contributed by atoms with van der Waals surface area (Å²) in [6.07, 6.45) is 3.64. The van der Waals surface area contributed by atoms with Crippen LogP contribution in [0.5, 0.6) is 0 Å². The Morgan fingerprint density at radius 3 is 2.68 bits per heavy atom. The molecule has 0 unspecified atom stereocenters. The summed E-state index contributed by atoms with van der Waals surface area (Å²) in [6, 6.07) is 1.60. The smallest absolute Gasteiger partial charge is 0.141 e. The highest BCUT2D eigenvalue weighted by Crippen LogP contribution is 2.32. The normalized spacial score (nSPS) is 18.6. The van der Waals surface area contributed by atoms with Gasteiger partial charge in [-0.25, -0.2) is 9.37 Å². The van der Waals surface area contributed by atoms with E-state index in [1.807, 2.05) is 0 Å². The van der Waals surface area contributed by atoms with E-state index in [0.29, 0.717) is 12.0 Å². The Bertz CT molecular complexity index is 421. The minimum Gasteiger partial charge on any atom is -0.356 e. The third-order valence-corrected chi connectivity index (χ3v) is 3.89. The topological polar surface area (TPSA) is 28.2 Å². The van der Waals surface area contributed by atoms with Crippen LogP contribution in [0.4, 0.5) is 10.2 Å².